The van der Waals surface area contributed by atoms with E-state index >= 15 is 0 Å². The molecule has 0 saturated carbocycles. The van der Waals surface area contributed by atoms with Gasteiger partial charge in [-0.2, -0.15) is 8.78 Å². The van der Waals surface area contributed by atoms with Crippen LogP contribution in [0.2, 0.25) is 0 Å². The van der Waals surface area contributed by atoms with E-state index in [1.807, 2.05) is 12.1 Å². The van der Waals surface area contributed by atoms with Crippen molar-refractivity contribution in [1.29, 1.82) is 0 Å². The Balaban J connectivity index is 1.41. The molecule has 5 nitrogen and oxygen atoms in total. The molecule has 1 saturated heterocycles. The van der Waals surface area contributed by atoms with Crippen LogP contribution in [0, 0.1) is 11.7 Å². The minimum atomic E-state index is -2.86. The molecule has 31 heavy (non-hydrogen) atoms. The number of piperidine rings is 1. The summed E-state index contributed by atoms with van der Waals surface area (Å²) in [6, 6.07) is 13.6. The lowest BCUT2D eigenvalue weighted by Crippen LogP contribution is -2.42. The van der Waals surface area contributed by atoms with Crippen LogP contribution in [-0.4, -0.2) is 44.2 Å². The molecule has 0 aliphatic carbocycles. The number of halogens is 3. The largest absolute Gasteiger partial charge is 0.434 e. The zero-order valence-corrected chi connectivity index (χ0v) is 17.7. The predicted octanol–water partition coefficient (Wildman–Crippen LogP) is 4.00. The van der Waals surface area contributed by atoms with Gasteiger partial charge in [-0.3, -0.25) is 9.89 Å². The summed E-state index contributed by atoms with van der Waals surface area (Å²) in [4.78, 5) is 6.49. The van der Waals surface area contributed by atoms with Gasteiger partial charge in [0.2, 0.25) is 0 Å². The van der Waals surface area contributed by atoms with Crippen LogP contribution in [0.4, 0.5) is 13.2 Å². The van der Waals surface area contributed by atoms with Gasteiger partial charge in [-0.05, 0) is 44.0 Å². The van der Waals surface area contributed by atoms with Gasteiger partial charge in [0, 0.05) is 37.8 Å². The number of benzene rings is 2. The molecule has 1 fully saturated rings. The Morgan fingerprint density at radius 1 is 1.06 bits per heavy atom. The summed E-state index contributed by atoms with van der Waals surface area (Å²) in [5.74, 6) is 1.11. The first-order valence-corrected chi connectivity index (χ1v) is 10.5. The topological polar surface area (TPSA) is 48.9 Å². The van der Waals surface area contributed by atoms with Crippen molar-refractivity contribution in [2.75, 3.05) is 26.7 Å². The van der Waals surface area contributed by atoms with Gasteiger partial charge in [-0.25, -0.2) is 4.39 Å². The molecule has 0 unspecified atom stereocenters. The van der Waals surface area contributed by atoms with Crippen molar-refractivity contribution in [3.05, 3.63) is 65.5 Å². The van der Waals surface area contributed by atoms with Gasteiger partial charge in [0.1, 0.15) is 11.6 Å². The fourth-order valence-electron chi connectivity index (χ4n) is 3.72. The molecule has 8 heteroatoms. The second-order valence-electron chi connectivity index (χ2n) is 7.60. The molecule has 1 heterocycles. The van der Waals surface area contributed by atoms with Gasteiger partial charge in [0.05, 0.1) is 0 Å². The van der Waals surface area contributed by atoms with E-state index in [9.17, 15) is 13.2 Å². The third-order valence-electron chi connectivity index (χ3n) is 5.48. The van der Waals surface area contributed by atoms with Crippen LogP contribution in [0.5, 0.6) is 5.75 Å². The first kappa shape index (κ1) is 22.9. The molecule has 2 aromatic carbocycles. The molecule has 0 bridgehead atoms. The molecule has 168 valence electrons. The summed E-state index contributed by atoms with van der Waals surface area (Å²) in [5.41, 5.74) is 1.37. The SMILES string of the molecule is CN=C(NCc1ccccc1OC(F)F)NCC1CCN(Cc2ccccc2F)CC1. The van der Waals surface area contributed by atoms with E-state index in [4.69, 9.17) is 0 Å². The number of rotatable bonds is 8. The highest BCUT2D eigenvalue weighted by Crippen LogP contribution is 2.21. The quantitative estimate of drug-likeness (QED) is 0.487. The van der Waals surface area contributed by atoms with Crippen molar-refractivity contribution >= 4 is 5.96 Å². The number of aliphatic imine (C=N–C) groups is 1. The van der Waals surface area contributed by atoms with Gasteiger partial charge < -0.3 is 15.4 Å². The Morgan fingerprint density at radius 2 is 1.74 bits per heavy atom. The van der Waals surface area contributed by atoms with E-state index in [1.54, 1.807) is 31.3 Å². The van der Waals surface area contributed by atoms with Crippen LogP contribution >= 0.6 is 0 Å². The van der Waals surface area contributed by atoms with E-state index in [1.165, 1.54) is 12.1 Å². The Hall–Kier alpha value is -2.74. The maximum atomic E-state index is 13.9. The van der Waals surface area contributed by atoms with E-state index < -0.39 is 6.61 Å². The number of para-hydroxylation sites is 1. The number of ether oxygens (including phenoxy) is 1. The van der Waals surface area contributed by atoms with Gasteiger partial charge in [-0.15, -0.1) is 0 Å². The van der Waals surface area contributed by atoms with Crippen LogP contribution in [0.1, 0.15) is 24.0 Å². The minimum absolute atomic E-state index is 0.151. The summed E-state index contributed by atoms with van der Waals surface area (Å²) in [6.07, 6.45) is 2.03. The highest BCUT2D eigenvalue weighted by Gasteiger charge is 2.20. The average Bonchev–Trinajstić information content (AvgIpc) is 2.77. The second-order valence-corrected chi connectivity index (χ2v) is 7.60. The van der Waals surface area contributed by atoms with Gasteiger partial charge in [0.25, 0.3) is 0 Å². The fraction of sp³-hybridized carbons (Fsp3) is 0.435. The predicted molar refractivity (Wildman–Crippen MR) is 116 cm³/mol. The number of nitrogens with one attached hydrogen (secondary N) is 2. The Morgan fingerprint density at radius 3 is 2.42 bits per heavy atom. The summed E-state index contributed by atoms with van der Waals surface area (Å²) in [5, 5.41) is 6.46. The maximum Gasteiger partial charge on any atom is 0.387 e. The Kier molecular flexibility index (Phi) is 8.58. The number of likely N-dealkylation sites (tertiary alicyclic amines) is 1. The van der Waals surface area contributed by atoms with Crippen LogP contribution in [0.3, 0.4) is 0 Å². The van der Waals surface area contributed by atoms with Crippen molar-refractivity contribution < 1.29 is 17.9 Å². The molecule has 0 atom stereocenters. The lowest BCUT2D eigenvalue weighted by atomic mass is 9.96. The van der Waals surface area contributed by atoms with Crippen LogP contribution < -0.4 is 15.4 Å². The maximum absolute atomic E-state index is 13.9. The molecule has 2 aromatic rings. The van der Waals surface area contributed by atoms with Gasteiger partial charge >= 0.3 is 6.61 Å². The standard InChI is InChI=1S/C23H29F3N4O/c1-27-23(29-15-18-6-3-5-9-21(18)31-22(25)26)28-14-17-10-12-30(13-11-17)16-19-7-2-4-8-20(19)24/h2-9,17,22H,10-16H2,1H3,(H2,27,28,29). The number of nitrogens with zero attached hydrogens (tertiary/aromatic N) is 2. The third-order valence-corrected chi connectivity index (χ3v) is 5.48. The first-order valence-electron chi connectivity index (χ1n) is 10.5. The van der Waals surface area contributed by atoms with Crippen molar-refractivity contribution in [3.63, 3.8) is 0 Å². The summed E-state index contributed by atoms with van der Waals surface area (Å²) >= 11 is 0. The summed E-state index contributed by atoms with van der Waals surface area (Å²) in [6.45, 7) is 0.709. The zero-order chi connectivity index (χ0) is 22.1. The normalized spacial score (nSPS) is 15.8. The summed E-state index contributed by atoms with van der Waals surface area (Å²) < 4.78 is 43.5. The van der Waals surface area contributed by atoms with Crippen molar-refractivity contribution in [2.24, 2.45) is 10.9 Å². The lowest BCUT2D eigenvalue weighted by molar-refractivity contribution is -0.0504. The third kappa shape index (κ3) is 7.17. The van der Waals surface area contributed by atoms with Crippen molar-refractivity contribution in [3.8, 4) is 5.75 Å². The Labute approximate surface area is 181 Å². The molecule has 0 amide bonds. The van der Waals surface area contributed by atoms with E-state index in [-0.39, 0.29) is 11.6 Å². The number of hydrogen-bond donors (Lipinski definition) is 2. The lowest BCUT2D eigenvalue weighted by Gasteiger charge is -2.32. The number of hydrogen-bond acceptors (Lipinski definition) is 3. The average molecular weight is 435 g/mol. The fourth-order valence-corrected chi connectivity index (χ4v) is 3.72. The number of alkyl halides is 2. The van der Waals surface area contributed by atoms with Crippen LogP contribution in [0.25, 0.3) is 0 Å². The number of guanidine groups is 1. The van der Waals surface area contributed by atoms with Crippen molar-refractivity contribution in [2.45, 2.75) is 32.5 Å². The van der Waals surface area contributed by atoms with Gasteiger partial charge in [0.15, 0.2) is 5.96 Å². The molecular formula is C23H29F3N4O. The van der Waals surface area contributed by atoms with Gasteiger partial charge in [-0.1, -0.05) is 36.4 Å². The molecule has 2 N–H and O–H groups in total. The van der Waals surface area contributed by atoms with E-state index in [2.05, 4.69) is 25.3 Å². The van der Waals surface area contributed by atoms with Crippen LogP contribution in [0.15, 0.2) is 53.5 Å². The summed E-state index contributed by atoms with van der Waals surface area (Å²) in [7, 11) is 1.67. The highest BCUT2D eigenvalue weighted by atomic mass is 19.3. The minimum Gasteiger partial charge on any atom is -0.434 e. The first-order chi connectivity index (χ1) is 15.0. The highest BCUT2D eigenvalue weighted by molar-refractivity contribution is 5.79. The smallest absolute Gasteiger partial charge is 0.387 e. The van der Waals surface area contributed by atoms with Crippen LogP contribution in [-0.2, 0) is 13.1 Å². The van der Waals surface area contributed by atoms with Crippen molar-refractivity contribution in [1.82, 2.24) is 15.5 Å². The monoisotopic (exact) mass is 434 g/mol. The Bertz CT molecular complexity index is 854. The second kappa shape index (κ2) is 11.6. The molecule has 3 rings (SSSR count). The molecule has 1 aliphatic heterocycles. The molecule has 0 spiro atoms. The zero-order valence-electron chi connectivity index (χ0n) is 17.7. The molecule has 1 aliphatic rings. The van der Waals surface area contributed by atoms with E-state index in [0.29, 0.717) is 30.5 Å². The van der Waals surface area contributed by atoms with E-state index in [0.717, 1.165) is 38.0 Å². The molecule has 0 aromatic heterocycles. The molecule has 0 radical (unpaired) electrons. The molecular weight excluding hydrogens is 405 g/mol.